The Hall–Kier alpha value is -2.49. The summed E-state index contributed by atoms with van der Waals surface area (Å²) in [5, 5.41) is 6.03. The molecule has 0 bridgehead atoms. The van der Waals surface area contributed by atoms with Crippen molar-refractivity contribution in [3.8, 4) is 16.9 Å². The topological polar surface area (TPSA) is 101 Å². The molecule has 1 saturated heterocycles. The standard InChI is InChI=1S/C21H25FN4O3S/c1-29-20-3-2-15(22)12-17(20)16-4-7-24-21-18(16)13-19(25-21)14-5-8-26(9-6-14)10-11-30(23,27)28/h2-4,7,12-14H,5-6,8-11H2,1H3,(H,24,25)(H2,23,27,28). The monoisotopic (exact) mass is 432 g/mol. The molecule has 0 aliphatic carbocycles. The number of piperidine rings is 1. The third-order valence-electron chi connectivity index (χ3n) is 5.72. The van der Waals surface area contributed by atoms with E-state index in [2.05, 4.69) is 20.9 Å². The van der Waals surface area contributed by atoms with Gasteiger partial charge >= 0.3 is 0 Å². The summed E-state index contributed by atoms with van der Waals surface area (Å²) < 4.78 is 41.7. The molecule has 1 aromatic carbocycles. The zero-order valence-electron chi connectivity index (χ0n) is 16.8. The molecule has 0 saturated carbocycles. The van der Waals surface area contributed by atoms with Crippen molar-refractivity contribution in [3.05, 3.63) is 48.0 Å². The van der Waals surface area contributed by atoms with Crippen LogP contribution in [0.2, 0.25) is 0 Å². The van der Waals surface area contributed by atoms with Gasteiger partial charge in [0.05, 0.1) is 12.9 Å². The van der Waals surface area contributed by atoms with E-state index in [1.54, 1.807) is 19.4 Å². The molecule has 3 N–H and O–H groups in total. The van der Waals surface area contributed by atoms with Crippen molar-refractivity contribution in [3.63, 3.8) is 0 Å². The number of nitrogens with one attached hydrogen (secondary N) is 1. The molecule has 0 spiro atoms. The lowest BCUT2D eigenvalue weighted by Crippen LogP contribution is -2.37. The molecule has 0 unspecified atom stereocenters. The Morgan fingerprint density at radius 2 is 2.00 bits per heavy atom. The smallest absolute Gasteiger partial charge is 0.210 e. The van der Waals surface area contributed by atoms with E-state index < -0.39 is 10.0 Å². The largest absolute Gasteiger partial charge is 0.496 e. The fraction of sp³-hybridized carbons (Fsp3) is 0.381. The first-order chi connectivity index (χ1) is 14.3. The highest BCUT2D eigenvalue weighted by atomic mass is 32.2. The molecule has 0 atom stereocenters. The summed E-state index contributed by atoms with van der Waals surface area (Å²) in [5.74, 6) is 0.590. The summed E-state index contributed by atoms with van der Waals surface area (Å²) >= 11 is 0. The van der Waals surface area contributed by atoms with Crippen LogP contribution < -0.4 is 9.88 Å². The number of primary sulfonamides is 1. The number of rotatable bonds is 6. The number of hydrogen-bond donors (Lipinski definition) is 2. The maximum Gasteiger partial charge on any atom is 0.210 e. The minimum Gasteiger partial charge on any atom is -0.496 e. The Kier molecular flexibility index (Phi) is 5.77. The fourth-order valence-corrected chi connectivity index (χ4v) is 4.63. The van der Waals surface area contributed by atoms with Crippen molar-refractivity contribution in [2.75, 3.05) is 32.5 Å². The summed E-state index contributed by atoms with van der Waals surface area (Å²) in [5.41, 5.74) is 3.40. The van der Waals surface area contributed by atoms with Crippen LogP contribution in [-0.2, 0) is 10.0 Å². The molecule has 3 heterocycles. The first kappa shape index (κ1) is 20.8. The lowest BCUT2D eigenvalue weighted by atomic mass is 9.93. The molecular weight excluding hydrogens is 407 g/mol. The van der Waals surface area contributed by atoms with Gasteiger partial charge < -0.3 is 14.6 Å². The van der Waals surface area contributed by atoms with Crippen LogP contribution in [0.1, 0.15) is 24.5 Å². The second kappa shape index (κ2) is 8.33. The minimum atomic E-state index is -3.44. The highest BCUT2D eigenvalue weighted by molar-refractivity contribution is 7.89. The summed E-state index contributed by atoms with van der Waals surface area (Å²) in [6.07, 6.45) is 3.53. The van der Waals surface area contributed by atoms with E-state index in [1.165, 1.54) is 12.1 Å². The van der Waals surface area contributed by atoms with Crippen molar-refractivity contribution >= 4 is 21.1 Å². The van der Waals surface area contributed by atoms with Crippen molar-refractivity contribution < 1.29 is 17.5 Å². The number of aromatic nitrogens is 2. The predicted molar refractivity (Wildman–Crippen MR) is 114 cm³/mol. The molecule has 0 radical (unpaired) electrons. The Bertz CT molecular complexity index is 1150. The van der Waals surface area contributed by atoms with Gasteiger partial charge in [0.1, 0.15) is 17.2 Å². The lowest BCUT2D eigenvalue weighted by molar-refractivity contribution is 0.222. The van der Waals surface area contributed by atoms with E-state index in [0.29, 0.717) is 23.8 Å². The van der Waals surface area contributed by atoms with E-state index in [1.807, 2.05) is 6.07 Å². The van der Waals surface area contributed by atoms with Crippen LogP contribution >= 0.6 is 0 Å². The number of nitrogens with zero attached hydrogens (tertiary/aromatic N) is 2. The maximum absolute atomic E-state index is 13.9. The quantitative estimate of drug-likeness (QED) is 0.624. The number of fused-ring (bicyclic) bond motifs is 1. The van der Waals surface area contributed by atoms with Crippen molar-refractivity contribution in [2.24, 2.45) is 5.14 Å². The number of methoxy groups -OCH3 is 1. The van der Waals surface area contributed by atoms with Crippen molar-refractivity contribution in [1.82, 2.24) is 14.9 Å². The number of hydrogen-bond acceptors (Lipinski definition) is 5. The fourth-order valence-electron chi connectivity index (χ4n) is 4.12. The summed E-state index contributed by atoms with van der Waals surface area (Å²) in [4.78, 5) is 10.00. The Morgan fingerprint density at radius 1 is 1.23 bits per heavy atom. The number of sulfonamides is 1. The van der Waals surface area contributed by atoms with Gasteiger partial charge in [-0.05, 0) is 61.8 Å². The molecule has 4 rings (SSSR count). The second-order valence-corrected chi connectivity index (χ2v) is 9.41. The van der Waals surface area contributed by atoms with Crippen LogP contribution in [0.25, 0.3) is 22.2 Å². The SMILES string of the molecule is COc1ccc(F)cc1-c1ccnc2[nH]c(C3CCN(CCS(N)(=O)=O)CC3)cc12. The van der Waals surface area contributed by atoms with Crippen LogP contribution in [0.3, 0.4) is 0 Å². The van der Waals surface area contributed by atoms with Gasteiger partial charge in [-0.1, -0.05) is 0 Å². The molecule has 9 heteroatoms. The van der Waals surface area contributed by atoms with Crippen LogP contribution in [-0.4, -0.2) is 55.8 Å². The highest BCUT2D eigenvalue weighted by Crippen LogP contribution is 2.37. The Labute approximate surface area is 175 Å². The summed E-state index contributed by atoms with van der Waals surface area (Å²) in [6, 6.07) is 8.44. The molecule has 7 nitrogen and oxygen atoms in total. The van der Waals surface area contributed by atoms with E-state index in [-0.39, 0.29) is 11.6 Å². The number of pyridine rings is 1. The average molecular weight is 433 g/mol. The second-order valence-electron chi connectivity index (χ2n) is 7.67. The van der Waals surface area contributed by atoms with E-state index in [4.69, 9.17) is 9.88 Å². The van der Waals surface area contributed by atoms with Gasteiger partial charge in [0, 0.05) is 35.3 Å². The van der Waals surface area contributed by atoms with Crippen LogP contribution in [0.4, 0.5) is 4.39 Å². The highest BCUT2D eigenvalue weighted by Gasteiger charge is 2.23. The number of ether oxygens (including phenoxy) is 1. The Morgan fingerprint density at radius 3 is 2.70 bits per heavy atom. The molecular formula is C21H25FN4O3S. The van der Waals surface area contributed by atoms with Gasteiger partial charge in [-0.15, -0.1) is 0 Å². The summed E-state index contributed by atoms with van der Waals surface area (Å²) in [6.45, 7) is 2.09. The van der Waals surface area contributed by atoms with Crippen molar-refractivity contribution in [2.45, 2.75) is 18.8 Å². The number of nitrogens with two attached hydrogens (primary N) is 1. The van der Waals surface area contributed by atoms with E-state index in [9.17, 15) is 12.8 Å². The Balaban J connectivity index is 1.57. The zero-order valence-corrected chi connectivity index (χ0v) is 17.6. The lowest BCUT2D eigenvalue weighted by Gasteiger charge is -2.31. The maximum atomic E-state index is 13.9. The molecule has 1 aliphatic heterocycles. The van der Waals surface area contributed by atoms with Crippen LogP contribution in [0.5, 0.6) is 5.75 Å². The first-order valence-electron chi connectivity index (χ1n) is 9.88. The van der Waals surface area contributed by atoms with Crippen LogP contribution in [0, 0.1) is 5.82 Å². The van der Waals surface area contributed by atoms with Gasteiger partial charge in [0.15, 0.2) is 0 Å². The minimum absolute atomic E-state index is 0.0210. The van der Waals surface area contributed by atoms with Gasteiger partial charge in [-0.25, -0.2) is 22.9 Å². The van der Waals surface area contributed by atoms with E-state index >= 15 is 0 Å². The third-order valence-corrected chi connectivity index (χ3v) is 6.48. The number of benzene rings is 1. The van der Waals surface area contributed by atoms with Gasteiger partial charge in [0.2, 0.25) is 10.0 Å². The van der Waals surface area contributed by atoms with Gasteiger partial charge in [0.25, 0.3) is 0 Å². The molecule has 1 aliphatic rings. The van der Waals surface area contributed by atoms with Crippen molar-refractivity contribution in [1.29, 1.82) is 0 Å². The summed E-state index contributed by atoms with van der Waals surface area (Å²) in [7, 11) is -1.87. The molecule has 160 valence electrons. The number of halogens is 1. The molecule has 3 aromatic rings. The predicted octanol–water partition coefficient (Wildman–Crippen LogP) is 2.85. The van der Waals surface area contributed by atoms with Crippen LogP contribution in [0.15, 0.2) is 36.5 Å². The zero-order chi connectivity index (χ0) is 21.3. The molecule has 2 aromatic heterocycles. The van der Waals surface area contributed by atoms with E-state index in [0.717, 1.165) is 48.2 Å². The number of aromatic amines is 1. The number of H-pyrrole nitrogens is 1. The van der Waals surface area contributed by atoms with Gasteiger partial charge in [-0.3, -0.25) is 0 Å². The normalized spacial score (nSPS) is 16.2. The third kappa shape index (κ3) is 4.48. The molecule has 30 heavy (non-hydrogen) atoms. The average Bonchev–Trinajstić information content (AvgIpc) is 3.16. The first-order valence-corrected chi connectivity index (χ1v) is 11.6. The molecule has 0 amide bonds. The van der Waals surface area contributed by atoms with Gasteiger partial charge in [-0.2, -0.15) is 0 Å². The number of likely N-dealkylation sites (tertiary alicyclic amines) is 1. The molecule has 1 fully saturated rings.